The molecular formula is C19H22N2O. The van der Waals surface area contributed by atoms with E-state index in [0.717, 1.165) is 37.2 Å². The number of carbonyl (C=O) groups is 1. The Bertz CT molecular complexity index is 639. The number of aromatic nitrogens is 1. The number of hydrogen-bond donors (Lipinski definition) is 0. The summed E-state index contributed by atoms with van der Waals surface area (Å²) in [5.74, 6) is 0.754. The molecule has 1 aliphatic heterocycles. The zero-order valence-electron chi connectivity index (χ0n) is 13.0. The summed E-state index contributed by atoms with van der Waals surface area (Å²) < 4.78 is 0. The van der Waals surface area contributed by atoms with E-state index in [1.165, 1.54) is 5.56 Å². The van der Waals surface area contributed by atoms with Gasteiger partial charge in [0.15, 0.2) is 0 Å². The minimum absolute atomic E-state index is 0.231. The lowest BCUT2D eigenvalue weighted by atomic mass is 9.93. The third kappa shape index (κ3) is 3.35. The van der Waals surface area contributed by atoms with Crippen molar-refractivity contribution in [2.24, 2.45) is 5.92 Å². The summed E-state index contributed by atoms with van der Waals surface area (Å²) in [5, 5.41) is 0. The standard InChI is InChI=1S/C19H22N2O/c1-15-13-16-7-2-3-10-18(16)21(14-15)19(22)11-6-9-17-8-4-5-12-20-17/h2-5,7-8,10,12,15H,6,9,11,13-14H2,1H3. The van der Waals surface area contributed by atoms with E-state index in [-0.39, 0.29) is 5.91 Å². The Hall–Kier alpha value is -2.16. The van der Waals surface area contributed by atoms with E-state index >= 15 is 0 Å². The van der Waals surface area contributed by atoms with Crippen LogP contribution in [0.1, 0.15) is 31.0 Å². The summed E-state index contributed by atoms with van der Waals surface area (Å²) in [5.41, 5.74) is 3.45. The number of amides is 1. The van der Waals surface area contributed by atoms with Gasteiger partial charge in [-0.3, -0.25) is 9.78 Å². The quantitative estimate of drug-likeness (QED) is 0.862. The Kier molecular flexibility index (Phi) is 4.52. The van der Waals surface area contributed by atoms with Gasteiger partial charge in [0, 0.05) is 30.5 Å². The summed E-state index contributed by atoms with van der Waals surface area (Å²) in [6.45, 7) is 3.05. The summed E-state index contributed by atoms with van der Waals surface area (Å²) in [6.07, 6.45) is 5.16. The fourth-order valence-electron chi connectivity index (χ4n) is 3.13. The number of aryl methyl sites for hydroxylation is 1. The van der Waals surface area contributed by atoms with Crippen molar-refractivity contribution < 1.29 is 4.79 Å². The highest BCUT2D eigenvalue weighted by molar-refractivity contribution is 5.94. The Morgan fingerprint density at radius 1 is 1.23 bits per heavy atom. The molecular weight excluding hydrogens is 272 g/mol. The smallest absolute Gasteiger partial charge is 0.227 e. The molecule has 114 valence electrons. The fraction of sp³-hybridized carbons (Fsp3) is 0.368. The maximum atomic E-state index is 12.6. The third-order valence-electron chi connectivity index (χ3n) is 4.20. The zero-order chi connectivity index (χ0) is 15.4. The van der Waals surface area contributed by atoms with Gasteiger partial charge in [0.05, 0.1) is 0 Å². The number of rotatable bonds is 4. The largest absolute Gasteiger partial charge is 0.312 e. The van der Waals surface area contributed by atoms with Crippen molar-refractivity contribution in [3.8, 4) is 0 Å². The molecule has 2 heterocycles. The molecule has 0 radical (unpaired) electrons. The van der Waals surface area contributed by atoms with Crippen LogP contribution in [0.15, 0.2) is 48.7 Å². The zero-order valence-corrected chi connectivity index (χ0v) is 13.0. The van der Waals surface area contributed by atoms with Crippen molar-refractivity contribution in [1.82, 2.24) is 4.98 Å². The molecule has 3 rings (SSSR count). The summed E-state index contributed by atoms with van der Waals surface area (Å²) in [7, 11) is 0. The van der Waals surface area contributed by atoms with Crippen molar-refractivity contribution in [2.75, 3.05) is 11.4 Å². The van der Waals surface area contributed by atoms with E-state index in [1.54, 1.807) is 6.20 Å². The molecule has 0 bridgehead atoms. The van der Waals surface area contributed by atoms with Gasteiger partial charge in [-0.25, -0.2) is 0 Å². The van der Waals surface area contributed by atoms with Crippen LogP contribution < -0.4 is 4.90 Å². The number of carbonyl (C=O) groups excluding carboxylic acids is 1. The lowest BCUT2D eigenvalue weighted by Gasteiger charge is -2.33. The molecule has 3 heteroatoms. The highest BCUT2D eigenvalue weighted by Gasteiger charge is 2.25. The molecule has 1 aromatic heterocycles. The molecule has 0 saturated heterocycles. The highest BCUT2D eigenvalue weighted by atomic mass is 16.2. The van der Waals surface area contributed by atoms with Gasteiger partial charge >= 0.3 is 0 Å². The maximum Gasteiger partial charge on any atom is 0.227 e. The van der Waals surface area contributed by atoms with Crippen molar-refractivity contribution >= 4 is 11.6 Å². The van der Waals surface area contributed by atoms with Crippen molar-refractivity contribution in [2.45, 2.75) is 32.6 Å². The first-order chi connectivity index (χ1) is 10.7. The lowest BCUT2D eigenvalue weighted by Crippen LogP contribution is -2.39. The molecule has 1 amide bonds. The SMILES string of the molecule is CC1Cc2ccccc2N(C(=O)CCCc2ccccn2)C1. The van der Waals surface area contributed by atoms with Gasteiger partial charge in [0.1, 0.15) is 0 Å². The van der Waals surface area contributed by atoms with Crippen molar-refractivity contribution in [3.05, 3.63) is 59.9 Å². The van der Waals surface area contributed by atoms with E-state index < -0.39 is 0 Å². The highest BCUT2D eigenvalue weighted by Crippen LogP contribution is 2.30. The first kappa shape index (κ1) is 14.8. The van der Waals surface area contributed by atoms with E-state index in [2.05, 4.69) is 30.1 Å². The number of fused-ring (bicyclic) bond motifs is 1. The van der Waals surface area contributed by atoms with Gasteiger partial charge in [-0.1, -0.05) is 31.2 Å². The molecule has 1 atom stereocenters. The van der Waals surface area contributed by atoms with Crippen LogP contribution in [0, 0.1) is 5.92 Å². The van der Waals surface area contributed by atoms with Gasteiger partial charge in [0.2, 0.25) is 5.91 Å². The second-order valence-electron chi connectivity index (χ2n) is 6.12. The molecule has 1 unspecified atom stereocenters. The van der Waals surface area contributed by atoms with Crippen LogP contribution in [-0.4, -0.2) is 17.4 Å². The van der Waals surface area contributed by atoms with E-state index in [9.17, 15) is 4.79 Å². The molecule has 2 aromatic rings. The normalized spacial score (nSPS) is 17.1. The van der Waals surface area contributed by atoms with Gasteiger partial charge in [-0.15, -0.1) is 0 Å². The number of benzene rings is 1. The number of nitrogens with zero attached hydrogens (tertiary/aromatic N) is 2. The molecule has 22 heavy (non-hydrogen) atoms. The lowest BCUT2D eigenvalue weighted by molar-refractivity contribution is -0.118. The molecule has 0 spiro atoms. The number of hydrogen-bond acceptors (Lipinski definition) is 2. The van der Waals surface area contributed by atoms with Crippen LogP contribution in [0.25, 0.3) is 0 Å². The first-order valence-electron chi connectivity index (χ1n) is 8.02. The molecule has 1 aliphatic rings. The first-order valence-corrected chi connectivity index (χ1v) is 8.02. The number of anilines is 1. The van der Waals surface area contributed by atoms with Crippen LogP contribution in [0.3, 0.4) is 0 Å². The van der Waals surface area contributed by atoms with Crippen molar-refractivity contribution in [1.29, 1.82) is 0 Å². The van der Waals surface area contributed by atoms with Crippen LogP contribution in [0.2, 0.25) is 0 Å². The summed E-state index contributed by atoms with van der Waals surface area (Å²) >= 11 is 0. The molecule has 0 aliphatic carbocycles. The summed E-state index contributed by atoms with van der Waals surface area (Å²) in [6, 6.07) is 14.2. The minimum Gasteiger partial charge on any atom is -0.312 e. The average Bonchev–Trinajstić information content (AvgIpc) is 2.55. The van der Waals surface area contributed by atoms with Gasteiger partial charge in [-0.05, 0) is 48.9 Å². The Morgan fingerprint density at radius 2 is 2.05 bits per heavy atom. The average molecular weight is 294 g/mol. The van der Waals surface area contributed by atoms with Crippen LogP contribution in [0.5, 0.6) is 0 Å². The number of pyridine rings is 1. The predicted molar refractivity (Wildman–Crippen MR) is 88.8 cm³/mol. The Labute approximate surface area is 132 Å². The molecule has 0 saturated carbocycles. The van der Waals surface area contributed by atoms with Gasteiger partial charge < -0.3 is 4.90 Å². The maximum absolute atomic E-state index is 12.6. The van der Waals surface area contributed by atoms with E-state index in [0.29, 0.717) is 12.3 Å². The molecule has 0 fully saturated rings. The summed E-state index contributed by atoms with van der Waals surface area (Å²) in [4.78, 5) is 18.9. The topological polar surface area (TPSA) is 33.2 Å². The van der Waals surface area contributed by atoms with E-state index in [1.807, 2.05) is 29.2 Å². The van der Waals surface area contributed by atoms with Crippen molar-refractivity contribution in [3.63, 3.8) is 0 Å². The fourth-order valence-corrected chi connectivity index (χ4v) is 3.13. The number of para-hydroxylation sites is 1. The second-order valence-corrected chi connectivity index (χ2v) is 6.12. The Balaban J connectivity index is 1.63. The Morgan fingerprint density at radius 3 is 2.86 bits per heavy atom. The monoisotopic (exact) mass is 294 g/mol. The van der Waals surface area contributed by atoms with Crippen LogP contribution in [0.4, 0.5) is 5.69 Å². The molecule has 3 nitrogen and oxygen atoms in total. The van der Waals surface area contributed by atoms with E-state index in [4.69, 9.17) is 0 Å². The second kappa shape index (κ2) is 6.73. The molecule has 0 N–H and O–H groups in total. The minimum atomic E-state index is 0.231. The van der Waals surface area contributed by atoms with Crippen LogP contribution in [-0.2, 0) is 17.6 Å². The van der Waals surface area contributed by atoms with Gasteiger partial charge in [-0.2, -0.15) is 0 Å². The third-order valence-corrected chi connectivity index (χ3v) is 4.20. The predicted octanol–water partition coefficient (Wildman–Crippen LogP) is 3.63. The van der Waals surface area contributed by atoms with Gasteiger partial charge in [0.25, 0.3) is 0 Å². The van der Waals surface area contributed by atoms with Crippen LogP contribution >= 0.6 is 0 Å². The molecule has 1 aromatic carbocycles.